The Morgan fingerprint density at radius 3 is 2.92 bits per heavy atom. The van der Waals surface area contributed by atoms with Gasteiger partial charge in [0.15, 0.2) is 0 Å². The first kappa shape index (κ1) is 9.71. The van der Waals surface area contributed by atoms with E-state index in [2.05, 4.69) is 22.7 Å². The van der Waals surface area contributed by atoms with Crippen LogP contribution < -0.4 is 0 Å². The maximum Gasteiger partial charge on any atom is 0.0447 e. The van der Waals surface area contributed by atoms with Crippen LogP contribution in [0.4, 0.5) is 5.69 Å². The van der Waals surface area contributed by atoms with Gasteiger partial charge in [-0.1, -0.05) is 41.5 Å². The molecule has 0 heterocycles. The predicted octanol–water partition coefficient (Wildman–Crippen LogP) is 3.57. The molecule has 1 rings (SSSR count). The Morgan fingerprint density at radius 1 is 1.46 bits per heavy atom. The van der Waals surface area contributed by atoms with Gasteiger partial charge in [0.05, 0.1) is 0 Å². The maximum atomic E-state index is 8.29. The van der Waals surface area contributed by atoms with Gasteiger partial charge in [0, 0.05) is 16.4 Å². The topological polar surface area (TPSA) is 48.8 Å². The molecule has 0 N–H and O–H groups in total. The van der Waals surface area contributed by atoms with Gasteiger partial charge in [-0.05, 0) is 11.1 Å². The van der Waals surface area contributed by atoms with Crippen molar-refractivity contribution in [3.8, 4) is 0 Å². The van der Waals surface area contributed by atoms with Gasteiger partial charge in [0.2, 0.25) is 0 Å². The second kappa shape index (κ2) is 5.30. The average Bonchev–Trinajstić information content (AvgIpc) is 2.17. The van der Waals surface area contributed by atoms with Crippen LogP contribution in [0.5, 0.6) is 0 Å². The molecule has 0 aliphatic rings. The van der Waals surface area contributed by atoms with Crippen LogP contribution in [-0.4, -0.2) is 5.75 Å². The van der Waals surface area contributed by atoms with E-state index >= 15 is 0 Å². The quantitative estimate of drug-likeness (QED) is 0.328. The normalized spacial score (nSPS) is 9.92. The number of hydrogen-bond donors (Lipinski definition) is 1. The zero-order valence-electron chi connectivity index (χ0n) is 6.96. The number of azide groups is 1. The van der Waals surface area contributed by atoms with Gasteiger partial charge < -0.3 is 0 Å². The van der Waals surface area contributed by atoms with Crippen LogP contribution in [0, 0.1) is 0 Å². The van der Waals surface area contributed by atoms with Crippen molar-refractivity contribution in [2.24, 2.45) is 5.11 Å². The minimum atomic E-state index is 0.642. The second-order valence-electron chi connectivity index (χ2n) is 2.33. The van der Waals surface area contributed by atoms with Crippen molar-refractivity contribution < 1.29 is 0 Å². The molecule has 0 unspecified atom stereocenters. The molecule has 4 heteroatoms. The third-order valence-corrected chi connectivity index (χ3v) is 1.70. The predicted molar refractivity (Wildman–Crippen MR) is 58.1 cm³/mol. The van der Waals surface area contributed by atoms with Crippen LogP contribution in [-0.2, 0) is 0 Å². The molecule has 0 bridgehead atoms. The molecule has 0 aliphatic heterocycles. The summed E-state index contributed by atoms with van der Waals surface area (Å²) in [5, 5.41) is 3.56. The Hall–Kier alpha value is -1.38. The number of hydrogen-bond acceptors (Lipinski definition) is 2. The monoisotopic (exact) mass is 191 g/mol. The fourth-order valence-electron chi connectivity index (χ4n) is 0.947. The summed E-state index contributed by atoms with van der Waals surface area (Å²) in [5.41, 5.74) is 9.84. The number of nitrogens with zero attached hydrogens (tertiary/aromatic N) is 3. The lowest BCUT2D eigenvalue weighted by Crippen LogP contribution is -1.72. The smallest absolute Gasteiger partial charge is 0.0447 e. The third kappa shape index (κ3) is 2.86. The molecule has 3 nitrogen and oxygen atoms in total. The van der Waals surface area contributed by atoms with Crippen LogP contribution >= 0.6 is 12.6 Å². The summed E-state index contributed by atoms with van der Waals surface area (Å²) in [6, 6.07) is 7.40. The van der Waals surface area contributed by atoms with Gasteiger partial charge >= 0.3 is 0 Å². The molecule has 0 saturated heterocycles. The summed E-state index contributed by atoms with van der Waals surface area (Å²) in [6.07, 6.45) is 3.78. The van der Waals surface area contributed by atoms with Gasteiger partial charge in [-0.15, -0.1) is 0 Å². The first-order valence-corrected chi connectivity index (χ1v) is 4.43. The molecule has 66 valence electrons. The summed E-state index contributed by atoms with van der Waals surface area (Å²) in [6.45, 7) is 0. The Bertz CT molecular complexity index is 354. The lowest BCUT2D eigenvalue weighted by Gasteiger charge is -1.96. The number of thiol groups is 1. The van der Waals surface area contributed by atoms with Crippen molar-refractivity contribution in [3.63, 3.8) is 0 Å². The largest absolute Gasteiger partial charge is 0.175 e. The summed E-state index contributed by atoms with van der Waals surface area (Å²) >= 11 is 4.05. The Balaban J connectivity index is 3.04. The van der Waals surface area contributed by atoms with E-state index in [1.807, 2.05) is 30.4 Å². The average molecular weight is 191 g/mol. The van der Waals surface area contributed by atoms with Crippen molar-refractivity contribution in [1.82, 2.24) is 0 Å². The SMILES string of the molecule is [N-]=[N+]=Nc1ccccc1C=CCS. The van der Waals surface area contributed by atoms with Gasteiger partial charge in [-0.25, -0.2) is 0 Å². The first-order chi connectivity index (χ1) is 6.38. The van der Waals surface area contributed by atoms with Gasteiger partial charge in [-0.3, -0.25) is 0 Å². The summed E-state index contributed by atoms with van der Waals surface area (Å²) in [4.78, 5) is 2.75. The van der Waals surface area contributed by atoms with Crippen LogP contribution in [0.15, 0.2) is 35.5 Å². The van der Waals surface area contributed by atoms with E-state index in [0.29, 0.717) is 11.4 Å². The standard InChI is InChI=1S/C9H9N3S/c10-12-11-9-6-2-1-4-8(9)5-3-7-13/h1-6,13H,7H2. The molecular weight excluding hydrogens is 182 g/mol. The molecule has 0 fully saturated rings. The maximum absolute atomic E-state index is 8.29. The van der Waals surface area contributed by atoms with Crippen LogP contribution in [0.25, 0.3) is 16.5 Å². The summed E-state index contributed by atoms with van der Waals surface area (Å²) < 4.78 is 0. The first-order valence-electron chi connectivity index (χ1n) is 3.80. The fraction of sp³-hybridized carbons (Fsp3) is 0.111. The van der Waals surface area contributed by atoms with E-state index in [1.54, 1.807) is 6.07 Å². The van der Waals surface area contributed by atoms with Gasteiger partial charge in [0.1, 0.15) is 0 Å². The number of rotatable bonds is 3. The second-order valence-corrected chi connectivity index (χ2v) is 2.70. The summed E-state index contributed by atoms with van der Waals surface area (Å²) in [5.74, 6) is 0.671. The van der Waals surface area contributed by atoms with E-state index in [9.17, 15) is 0 Å². The molecule has 0 radical (unpaired) electrons. The van der Waals surface area contributed by atoms with E-state index in [4.69, 9.17) is 5.53 Å². The van der Waals surface area contributed by atoms with E-state index < -0.39 is 0 Å². The van der Waals surface area contributed by atoms with Crippen molar-refractivity contribution in [1.29, 1.82) is 0 Å². The Morgan fingerprint density at radius 2 is 2.23 bits per heavy atom. The molecule has 1 aromatic carbocycles. The molecular formula is C9H9N3S. The Kier molecular flexibility index (Phi) is 3.96. The third-order valence-electron chi connectivity index (χ3n) is 1.49. The highest BCUT2D eigenvalue weighted by Crippen LogP contribution is 2.19. The van der Waals surface area contributed by atoms with E-state index in [1.165, 1.54) is 0 Å². The number of benzene rings is 1. The van der Waals surface area contributed by atoms with Gasteiger partial charge in [0.25, 0.3) is 0 Å². The minimum Gasteiger partial charge on any atom is -0.175 e. The molecule has 0 aliphatic carbocycles. The molecule has 0 atom stereocenters. The highest BCUT2D eigenvalue weighted by molar-refractivity contribution is 7.80. The molecule has 0 spiro atoms. The molecule has 0 aromatic heterocycles. The lowest BCUT2D eigenvalue weighted by molar-refractivity contribution is 1.46. The van der Waals surface area contributed by atoms with E-state index in [-0.39, 0.29) is 0 Å². The molecule has 13 heavy (non-hydrogen) atoms. The van der Waals surface area contributed by atoms with Gasteiger partial charge in [-0.2, -0.15) is 12.6 Å². The van der Waals surface area contributed by atoms with Crippen molar-refractivity contribution in [3.05, 3.63) is 46.3 Å². The molecule has 0 saturated carbocycles. The van der Waals surface area contributed by atoms with Crippen molar-refractivity contribution in [2.75, 3.05) is 5.75 Å². The fourth-order valence-corrected chi connectivity index (χ4v) is 1.05. The minimum absolute atomic E-state index is 0.642. The molecule has 1 aromatic rings. The van der Waals surface area contributed by atoms with Crippen LogP contribution in [0.2, 0.25) is 0 Å². The van der Waals surface area contributed by atoms with Crippen molar-refractivity contribution >= 4 is 24.4 Å². The zero-order chi connectivity index (χ0) is 9.52. The van der Waals surface area contributed by atoms with E-state index in [0.717, 1.165) is 5.56 Å². The van der Waals surface area contributed by atoms with Crippen molar-refractivity contribution in [2.45, 2.75) is 0 Å². The highest BCUT2D eigenvalue weighted by atomic mass is 32.1. The highest BCUT2D eigenvalue weighted by Gasteiger charge is 1.93. The summed E-state index contributed by atoms with van der Waals surface area (Å²) in [7, 11) is 0. The zero-order valence-corrected chi connectivity index (χ0v) is 7.85. The molecule has 0 amide bonds. The Labute approximate surface area is 82.1 Å². The van der Waals surface area contributed by atoms with Crippen LogP contribution in [0.3, 0.4) is 0 Å². The lowest BCUT2D eigenvalue weighted by atomic mass is 10.2. The van der Waals surface area contributed by atoms with Crippen LogP contribution in [0.1, 0.15) is 5.56 Å².